The van der Waals surface area contributed by atoms with Crippen molar-refractivity contribution in [3.63, 3.8) is 0 Å². The summed E-state index contributed by atoms with van der Waals surface area (Å²) >= 11 is 0. The van der Waals surface area contributed by atoms with Crippen molar-refractivity contribution in [2.24, 2.45) is 5.92 Å². The highest BCUT2D eigenvalue weighted by molar-refractivity contribution is 6.03. The standard InChI is InChI=1S/C55H41N5O/c1-5-15-34(16-6-1)49-42-25-26-43(56-42)50(35-17-7-2-8-18-35)45-29-30-47(58-45)52(37-21-11-4-12-22-37)54-40(53-39-31-32-61-55(39)38-23-13-14-24-41(38)59-53)33-48(60-54)51(36-19-9-3-10-20-36)46-28-27-44(49)57-46/h1-30,33,39,53,55,57-59H,31-32H2/t39-,53+,55+/m1/s1. The van der Waals surface area contributed by atoms with Gasteiger partial charge in [0.1, 0.15) is 0 Å². The summed E-state index contributed by atoms with van der Waals surface area (Å²) in [5.41, 5.74) is 19.5. The van der Waals surface area contributed by atoms with Crippen molar-refractivity contribution in [3.8, 4) is 44.5 Å². The van der Waals surface area contributed by atoms with Gasteiger partial charge in [0.2, 0.25) is 0 Å². The molecule has 3 atom stereocenters. The fourth-order valence-corrected chi connectivity index (χ4v) is 9.90. The molecule has 0 radical (unpaired) electrons. The van der Waals surface area contributed by atoms with E-state index in [1.54, 1.807) is 0 Å². The molecule has 8 bridgehead atoms. The molecule has 0 amide bonds. The molecule has 3 N–H and O–H groups in total. The second-order valence-electron chi connectivity index (χ2n) is 16.1. The maximum atomic E-state index is 6.57. The first-order valence-electron chi connectivity index (χ1n) is 21.1. The molecule has 61 heavy (non-hydrogen) atoms. The zero-order chi connectivity index (χ0) is 40.3. The third-order valence-electron chi connectivity index (χ3n) is 12.6. The number of rotatable bonds is 5. The van der Waals surface area contributed by atoms with Crippen LogP contribution in [0.5, 0.6) is 0 Å². The van der Waals surface area contributed by atoms with Crippen molar-refractivity contribution in [2.45, 2.75) is 18.6 Å². The van der Waals surface area contributed by atoms with E-state index in [4.69, 9.17) is 14.7 Å². The molecule has 0 spiro atoms. The number of fused-ring (bicyclic) bond motifs is 11. The SMILES string of the molecule is C1=Cc2nc1c(-c1ccccc1)c1ccc([nH]1)c(-c1ccccc1)c1nc(c(-c3ccccc3)c3ccc([nH]3)c2-c2ccccc2)C([C@H]2Nc3ccccc3[C@@H]3OCC[C@H]23)=C1. The number of nitrogens with zero attached hydrogens (tertiary/aromatic N) is 2. The molecule has 6 nitrogen and oxygen atoms in total. The van der Waals surface area contributed by atoms with Crippen LogP contribution in [0.2, 0.25) is 0 Å². The molecule has 0 aliphatic carbocycles. The molecule has 292 valence electrons. The molecule has 0 unspecified atom stereocenters. The molecule has 4 aliphatic rings. The molecule has 6 heteroatoms. The summed E-state index contributed by atoms with van der Waals surface area (Å²) in [6.07, 6.45) is 7.59. The molecular weight excluding hydrogens is 747 g/mol. The molecule has 7 heterocycles. The first kappa shape index (κ1) is 35.4. The van der Waals surface area contributed by atoms with Crippen LogP contribution in [0.3, 0.4) is 0 Å². The number of anilines is 1. The van der Waals surface area contributed by atoms with Gasteiger partial charge >= 0.3 is 0 Å². The maximum absolute atomic E-state index is 6.57. The van der Waals surface area contributed by atoms with Crippen molar-refractivity contribution >= 4 is 51.6 Å². The summed E-state index contributed by atoms with van der Waals surface area (Å²) in [6.45, 7) is 0.718. The van der Waals surface area contributed by atoms with Crippen molar-refractivity contribution in [1.82, 2.24) is 19.9 Å². The Morgan fingerprint density at radius 3 is 1.46 bits per heavy atom. The highest BCUT2D eigenvalue weighted by atomic mass is 16.5. The Morgan fingerprint density at radius 2 is 0.918 bits per heavy atom. The topological polar surface area (TPSA) is 78.6 Å². The van der Waals surface area contributed by atoms with Crippen LogP contribution in [-0.4, -0.2) is 32.6 Å². The van der Waals surface area contributed by atoms with Crippen molar-refractivity contribution in [3.05, 3.63) is 198 Å². The summed E-state index contributed by atoms with van der Waals surface area (Å²) in [5.74, 6) is 0.215. The number of ether oxygens (including phenoxy) is 1. The largest absolute Gasteiger partial charge is 0.377 e. The van der Waals surface area contributed by atoms with Gasteiger partial charge in [-0.15, -0.1) is 0 Å². The fraction of sp³-hybridized carbons (Fsp3) is 0.0909. The summed E-state index contributed by atoms with van der Waals surface area (Å²) in [7, 11) is 0. The molecule has 3 aromatic heterocycles. The van der Waals surface area contributed by atoms with Gasteiger partial charge in [-0.1, -0.05) is 140 Å². The number of benzene rings is 5. The summed E-state index contributed by atoms with van der Waals surface area (Å²) in [5, 5.41) is 4.04. The van der Waals surface area contributed by atoms with Gasteiger partial charge in [-0.2, -0.15) is 0 Å². The van der Waals surface area contributed by atoms with Crippen LogP contribution in [0.4, 0.5) is 5.69 Å². The van der Waals surface area contributed by atoms with Crippen LogP contribution in [0.1, 0.15) is 40.9 Å². The van der Waals surface area contributed by atoms with Gasteiger partial charge in [0.05, 0.1) is 34.9 Å². The van der Waals surface area contributed by atoms with Crippen LogP contribution in [0, 0.1) is 5.92 Å². The second-order valence-corrected chi connectivity index (χ2v) is 16.1. The van der Waals surface area contributed by atoms with Crippen LogP contribution in [0.25, 0.3) is 90.4 Å². The average Bonchev–Trinajstić information content (AvgIpc) is 4.18. The van der Waals surface area contributed by atoms with Crippen LogP contribution < -0.4 is 5.32 Å². The molecule has 5 aromatic carbocycles. The minimum Gasteiger partial charge on any atom is -0.377 e. The number of hydrogen-bond donors (Lipinski definition) is 3. The van der Waals surface area contributed by atoms with Gasteiger partial charge < -0.3 is 20.0 Å². The van der Waals surface area contributed by atoms with E-state index >= 15 is 0 Å². The van der Waals surface area contributed by atoms with Gasteiger partial charge in [0, 0.05) is 73.7 Å². The predicted molar refractivity (Wildman–Crippen MR) is 250 cm³/mol. The number of aromatic amines is 2. The summed E-state index contributed by atoms with van der Waals surface area (Å²) in [6, 6.07) is 59.9. The van der Waals surface area contributed by atoms with Gasteiger partial charge in [-0.25, -0.2) is 9.97 Å². The summed E-state index contributed by atoms with van der Waals surface area (Å²) < 4.78 is 6.57. The minimum atomic E-state index is -0.0545. The Labute approximate surface area is 354 Å². The lowest BCUT2D eigenvalue weighted by Crippen LogP contribution is -2.36. The number of hydrogen-bond acceptors (Lipinski definition) is 4. The third kappa shape index (κ3) is 6.06. The zero-order valence-corrected chi connectivity index (χ0v) is 33.3. The minimum absolute atomic E-state index is 0.00668. The third-order valence-corrected chi connectivity index (χ3v) is 12.6. The van der Waals surface area contributed by atoms with Gasteiger partial charge in [-0.05, 0) is 77.2 Å². The number of aromatic nitrogens is 4. The highest BCUT2D eigenvalue weighted by Gasteiger charge is 2.44. The fourth-order valence-electron chi connectivity index (χ4n) is 9.90. The zero-order valence-electron chi connectivity index (χ0n) is 33.3. The van der Waals surface area contributed by atoms with E-state index in [0.29, 0.717) is 0 Å². The molecular formula is C55H41N5O. The Morgan fingerprint density at radius 1 is 0.459 bits per heavy atom. The van der Waals surface area contributed by atoms with E-state index in [9.17, 15) is 0 Å². The first-order chi connectivity index (χ1) is 30.2. The molecule has 0 saturated carbocycles. The smallest absolute Gasteiger partial charge is 0.0896 e. The second kappa shape index (κ2) is 14.6. The van der Waals surface area contributed by atoms with Crippen molar-refractivity contribution in [1.29, 1.82) is 0 Å². The van der Waals surface area contributed by atoms with Gasteiger partial charge in [0.25, 0.3) is 0 Å². The highest BCUT2D eigenvalue weighted by Crippen LogP contribution is 2.50. The normalized spacial score (nSPS) is 17.6. The summed E-state index contributed by atoms with van der Waals surface area (Å²) in [4.78, 5) is 19.1. The Kier molecular flexibility index (Phi) is 8.49. The molecule has 1 fully saturated rings. The van der Waals surface area contributed by atoms with E-state index in [1.807, 2.05) is 0 Å². The van der Waals surface area contributed by atoms with Gasteiger partial charge in [0.15, 0.2) is 0 Å². The Bertz CT molecular complexity index is 3200. The first-order valence-corrected chi connectivity index (χ1v) is 21.1. The van der Waals surface area contributed by atoms with E-state index in [1.165, 1.54) is 5.56 Å². The molecule has 8 aromatic rings. The predicted octanol–water partition coefficient (Wildman–Crippen LogP) is 13.3. The van der Waals surface area contributed by atoms with E-state index in [2.05, 4.69) is 203 Å². The molecule has 12 rings (SSSR count). The van der Waals surface area contributed by atoms with E-state index in [0.717, 1.165) is 114 Å². The molecule has 4 aliphatic heterocycles. The lowest BCUT2D eigenvalue weighted by molar-refractivity contribution is 0.0872. The van der Waals surface area contributed by atoms with Crippen LogP contribution in [-0.2, 0) is 4.74 Å². The lowest BCUT2D eigenvalue weighted by atomic mass is 9.79. The Balaban J connectivity index is 1.25. The lowest BCUT2D eigenvalue weighted by Gasteiger charge is -2.37. The molecule has 1 saturated heterocycles. The van der Waals surface area contributed by atoms with Crippen molar-refractivity contribution < 1.29 is 4.74 Å². The van der Waals surface area contributed by atoms with E-state index < -0.39 is 0 Å². The van der Waals surface area contributed by atoms with Gasteiger partial charge in [-0.3, -0.25) is 0 Å². The average molecular weight is 788 g/mol. The van der Waals surface area contributed by atoms with Crippen LogP contribution in [0.15, 0.2) is 170 Å². The number of H-pyrrole nitrogens is 2. The number of nitrogens with one attached hydrogen (secondary N) is 3. The maximum Gasteiger partial charge on any atom is 0.0896 e. The monoisotopic (exact) mass is 787 g/mol. The van der Waals surface area contributed by atoms with E-state index in [-0.39, 0.29) is 18.1 Å². The van der Waals surface area contributed by atoms with Crippen molar-refractivity contribution in [2.75, 3.05) is 11.9 Å². The Hall–Kier alpha value is -7.54. The van der Waals surface area contributed by atoms with Crippen LogP contribution >= 0.6 is 0 Å². The number of para-hydroxylation sites is 1. The quantitative estimate of drug-likeness (QED) is 0.162.